The van der Waals surface area contributed by atoms with E-state index < -0.39 is 0 Å². The summed E-state index contributed by atoms with van der Waals surface area (Å²) in [5.41, 5.74) is 4.29. The molecule has 0 bridgehead atoms. The molecule has 0 aliphatic rings. The Bertz CT molecular complexity index is 1220. The standard InChI is InChI=1S/C21H16Br2N4O2/c1-12-8-18-19(26-27(25-18)14-6-4-3-5-7-14)11-17(12)24-21(28)15-9-13(22)10-16(23)20(15)29-2/h3-11H,1-2H3,(H,24,28). The monoisotopic (exact) mass is 514 g/mol. The fourth-order valence-corrected chi connectivity index (χ4v) is 4.39. The smallest absolute Gasteiger partial charge is 0.259 e. The van der Waals surface area contributed by atoms with E-state index in [0.717, 1.165) is 21.2 Å². The highest BCUT2D eigenvalue weighted by Crippen LogP contribution is 2.33. The Morgan fingerprint density at radius 2 is 1.72 bits per heavy atom. The molecule has 0 fully saturated rings. The van der Waals surface area contributed by atoms with E-state index in [1.165, 1.54) is 7.11 Å². The minimum atomic E-state index is -0.276. The van der Waals surface area contributed by atoms with E-state index in [1.807, 2.05) is 55.5 Å². The normalized spacial score (nSPS) is 10.9. The molecular weight excluding hydrogens is 500 g/mol. The summed E-state index contributed by atoms with van der Waals surface area (Å²) in [5.74, 6) is 0.196. The van der Waals surface area contributed by atoms with Crippen molar-refractivity contribution >= 4 is 54.5 Å². The molecule has 1 aromatic heterocycles. The molecule has 146 valence electrons. The molecule has 4 rings (SSSR count). The number of amides is 1. The Morgan fingerprint density at radius 3 is 2.41 bits per heavy atom. The van der Waals surface area contributed by atoms with Crippen LogP contribution in [0.4, 0.5) is 5.69 Å². The SMILES string of the molecule is COc1c(Br)cc(Br)cc1C(=O)Nc1cc2nn(-c3ccccc3)nc2cc1C. The third kappa shape index (κ3) is 3.90. The van der Waals surface area contributed by atoms with Crippen molar-refractivity contribution in [1.82, 2.24) is 15.0 Å². The molecule has 0 radical (unpaired) electrons. The summed E-state index contributed by atoms with van der Waals surface area (Å²) in [5, 5.41) is 12.0. The van der Waals surface area contributed by atoms with Crippen LogP contribution >= 0.6 is 31.9 Å². The van der Waals surface area contributed by atoms with E-state index in [1.54, 1.807) is 10.9 Å². The van der Waals surface area contributed by atoms with Crippen LogP contribution in [0.1, 0.15) is 15.9 Å². The number of methoxy groups -OCH3 is 1. The number of benzene rings is 3. The number of nitrogens with zero attached hydrogens (tertiary/aromatic N) is 3. The largest absolute Gasteiger partial charge is 0.495 e. The summed E-state index contributed by atoms with van der Waals surface area (Å²) in [4.78, 5) is 14.5. The minimum Gasteiger partial charge on any atom is -0.495 e. The average Bonchev–Trinajstić information content (AvgIpc) is 3.11. The Kier molecular flexibility index (Phi) is 5.38. The van der Waals surface area contributed by atoms with Crippen molar-refractivity contribution in [3.8, 4) is 11.4 Å². The number of nitrogens with one attached hydrogen (secondary N) is 1. The first-order valence-corrected chi connectivity index (χ1v) is 10.3. The van der Waals surface area contributed by atoms with Crippen molar-refractivity contribution in [1.29, 1.82) is 0 Å². The summed E-state index contributed by atoms with van der Waals surface area (Å²) in [6, 6.07) is 17.0. The van der Waals surface area contributed by atoms with Crippen LogP contribution in [-0.4, -0.2) is 28.0 Å². The van der Waals surface area contributed by atoms with Crippen LogP contribution in [0.2, 0.25) is 0 Å². The topological polar surface area (TPSA) is 69.0 Å². The van der Waals surface area contributed by atoms with Gasteiger partial charge in [-0.05, 0) is 64.8 Å². The maximum atomic E-state index is 12.9. The first-order valence-electron chi connectivity index (χ1n) is 8.74. The highest BCUT2D eigenvalue weighted by Gasteiger charge is 2.18. The number of para-hydroxylation sites is 1. The Balaban J connectivity index is 1.70. The van der Waals surface area contributed by atoms with Gasteiger partial charge in [-0.15, -0.1) is 10.2 Å². The first kappa shape index (κ1) is 19.6. The maximum Gasteiger partial charge on any atom is 0.259 e. The molecule has 8 heteroatoms. The van der Waals surface area contributed by atoms with Crippen LogP contribution in [0.15, 0.2) is 63.5 Å². The average molecular weight is 516 g/mol. The number of fused-ring (bicyclic) bond motifs is 1. The lowest BCUT2D eigenvalue weighted by atomic mass is 10.1. The fourth-order valence-electron chi connectivity index (χ4n) is 3.01. The molecule has 0 saturated heterocycles. The summed E-state index contributed by atoms with van der Waals surface area (Å²) in [6.07, 6.45) is 0. The zero-order valence-electron chi connectivity index (χ0n) is 15.6. The first-order chi connectivity index (χ1) is 14.0. The molecule has 1 amide bonds. The third-order valence-corrected chi connectivity index (χ3v) is 5.47. The van der Waals surface area contributed by atoms with Gasteiger partial charge in [0.05, 0.1) is 22.8 Å². The van der Waals surface area contributed by atoms with E-state index in [0.29, 0.717) is 27.0 Å². The molecule has 1 heterocycles. The molecule has 3 aromatic carbocycles. The molecule has 0 spiro atoms. The van der Waals surface area contributed by atoms with Crippen LogP contribution < -0.4 is 10.1 Å². The van der Waals surface area contributed by atoms with E-state index in [4.69, 9.17) is 4.74 Å². The second-order valence-electron chi connectivity index (χ2n) is 6.40. The number of carbonyl (C=O) groups is 1. The van der Waals surface area contributed by atoms with Crippen molar-refractivity contribution in [3.63, 3.8) is 0 Å². The highest BCUT2D eigenvalue weighted by atomic mass is 79.9. The van der Waals surface area contributed by atoms with Gasteiger partial charge in [0.2, 0.25) is 0 Å². The van der Waals surface area contributed by atoms with Crippen LogP contribution in [0.5, 0.6) is 5.75 Å². The van der Waals surface area contributed by atoms with Crippen molar-refractivity contribution < 1.29 is 9.53 Å². The minimum absolute atomic E-state index is 0.276. The maximum absolute atomic E-state index is 12.9. The zero-order chi connectivity index (χ0) is 20.5. The van der Waals surface area contributed by atoms with Crippen LogP contribution in [0.25, 0.3) is 16.7 Å². The highest BCUT2D eigenvalue weighted by molar-refractivity contribution is 9.11. The molecule has 0 aliphatic carbocycles. The summed E-state index contributed by atoms with van der Waals surface area (Å²) in [6.45, 7) is 1.92. The quantitative estimate of drug-likeness (QED) is 0.389. The zero-order valence-corrected chi connectivity index (χ0v) is 18.8. The van der Waals surface area contributed by atoms with Gasteiger partial charge in [0.25, 0.3) is 5.91 Å². The second-order valence-corrected chi connectivity index (χ2v) is 8.17. The van der Waals surface area contributed by atoms with Crippen molar-refractivity contribution in [2.75, 3.05) is 12.4 Å². The second kappa shape index (κ2) is 7.96. The van der Waals surface area contributed by atoms with Gasteiger partial charge in [0, 0.05) is 10.2 Å². The number of hydrogen-bond donors (Lipinski definition) is 1. The number of hydrogen-bond acceptors (Lipinski definition) is 4. The van der Waals surface area contributed by atoms with Crippen LogP contribution in [0, 0.1) is 6.92 Å². The van der Waals surface area contributed by atoms with E-state index in [2.05, 4.69) is 47.4 Å². The molecule has 1 N–H and O–H groups in total. The third-order valence-electron chi connectivity index (χ3n) is 4.42. The van der Waals surface area contributed by atoms with Gasteiger partial charge in [0.1, 0.15) is 16.8 Å². The van der Waals surface area contributed by atoms with Gasteiger partial charge in [0.15, 0.2) is 0 Å². The van der Waals surface area contributed by atoms with Gasteiger partial charge >= 0.3 is 0 Å². The molecule has 0 aliphatic heterocycles. The molecule has 0 atom stereocenters. The van der Waals surface area contributed by atoms with Gasteiger partial charge in [-0.3, -0.25) is 4.79 Å². The van der Waals surface area contributed by atoms with Crippen molar-refractivity contribution in [2.24, 2.45) is 0 Å². The summed E-state index contributed by atoms with van der Waals surface area (Å²) in [7, 11) is 1.53. The summed E-state index contributed by atoms with van der Waals surface area (Å²) >= 11 is 6.84. The van der Waals surface area contributed by atoms with Crippen molar-refractivity contribution in [3.05, 3.63) is 74.7 Å². The fraction of sp³-hybridized carbons (Fsp3) is 0.0952. The Hall–Kier alpha value is -2.71. The van der Waals surface area contributed by atoms with Gasteiger partial charge in [-0.25, -0.2) is 0 Å². The number of halogens is 2. The Labute approximate surface area is 184 Å². The van der Waals surface area contributed by atoms with Gasteiger partial charge in [-0.1, -0.05) is 34.1 Å². The van der Waals surface area contributed by atoms with Crippen molar-refractivity contribution in [2.45, 2.75) is 6.92 Å². The molecule has 29 heavy (non-hydrogen) atoms. The molecule has 4 aromatic rings. The van der Waals surface area contributed by atoms with Gasteiger partial charge < -0.3 is 10.1 Å². The van der Waals surface area contributed by atoms with Gasteiger partial charge in [-0.2, -0.15) is 4.80 Å². The lowest BCUT2D eigenvalue weighted by Crippen LogP contribution is -2.14. The molecule has 0 unspecified atom stereocenters. The number of aromatic nitrogens is 3. The number of rotatable bonds is 4. The van der Waals surface area contributed by atoms with Crippen LogP contribution in [0.3, 0.4) is 0 Å². The number of anilines is 1. The molecular formula is C21H16Br2N4O2. The number of ether oxygens (including phenoxy) is 1. The van der Waals surface area contributed by atoms with E-state index >= 15 is 0 Å². The predicted octanol–water partition coefficient (Wildman–Crippen LogP) is 5.51. The molecule has 6 nitrogen and oxygen atoms in total. The Morgan fingerprint density at radius 1 is 1.03 bits per heavy atom. The molecule has 0 saturated carbocycles. The van der Waals surface area contributed by atoms with E-state index in [-0.39, 0.29) is 5.91 Å². The van der Waals surface area contributed by atoms with Crippen LogP contribution in [-0.2, 0) is 0 Å². The number of aryl methyl sites for hydroxylation is 1. The lowest BCUT2D eigenvalue weighted by Gasteiger charge is -2.13. The predicted molar refractivity (Wildman–Crippen MR) is 120 cm³/mol. The lowest BCUT2D eigenvalue weighted by molar-refractivity contribution is 0.102. The summed E-state index contributed by atoms with van der Waals surface area (Å²) < 4.78 is 6.85. The van der Waals surface area contributed by atoms with E-state index in [9.17, 15) is 4.79 Å². The number of carbonyl (C=O) groups excluding carboxylic acids is 1.